The normalized spacial score (nSPS) is 11.7. The van der Waals surface area contributed by atoms with Gasteiger partial charge in [-0.1, -0.05) is 46.0 Å². The van der Waals surface area contributed by atoms with Crippen LogP contribution in [0.4, 0.5) is 0 Å². The van der Waals surface area contributed by atoms with Gasteiger partial charge < -0.3 is 14.9 Å². The van der Waals surface area contributed by atoms with E-state index in [-0.39, 0.29) is 13.2 Å². The molecule has 0 aliphatic rings. The number of nitrogens with zero attached hydrogens (tertiary/aromatic N) is 1. The SMILES string of the molecule is CC(C)CCCCCCCOCCCN(CCO)CCO. The highest BCUT2D eigenvalue weighted by molar-refractivity contribution is 4.56. The molecular formula is C17H37NO3. The van der Waals surface area contributed by atoms with Crippen molar-refractivity contribution in [2.75, 3.05) is 46.1 Å². The van der Waals surface area contributed by atoms with Gasteiger partial charge in [0.1, 0.15) is 0 Å². The minimum Gasteiger partial charge on any atom is -0.395 e. The van der Waals surface area contributed by atoms with Crippen molar-refractivity contribution in [1.29, 1.82) is 0 Å². The molecule has 0 aromatic carbocycles. The number of ether oxygens (including phenoxy) is 1. The van der Waals surface area contributed by atoms with Crippen LogP contribution in [0.5, 0.6) is 0 Å². The second-order valence-electron chi connectivity index (χ2n) is 6.21. The molecule has 0 bridgehead atoms. The van der Waals surface area contributed by atoms with E-state index < -0.39 is 0 Å². The van der Waals surface area contributed by atoms with E-state index in [9.17, 15) is 0 Å². The molecule has 4 nitrogen and oxygen atoms in total. The molecule has 0 heterocycles. The van der Waals surface area contributed by atoms with Crippen LogP contribution in [0.1, 0.15) is 58.8 Å². The van der Waals surface area contributed by atoms with E-state index in [2.05, 4.69) is 18.7 Å². The Labute approximate surface area is 131 Å². The van der Waals surface area contributed by atoms with Gasteiger partial charge in [0, 0.05) is 32.8 Å². The topological polar surface area (TPSA) is 52.9 Å². The lowest BCUT2D eigenvalue weighted by molar-refractivity contribution is 0.107. The Kier molecular flexibility index (Phi) is 16.1. The summed E-state index contributed by atoms with van der Waals surface area (Å²) in [7, 11) is 0. The highest BCUT2D eigenvalue weighted by Gasteiger charge is 2.02. The van der Waals surface area contributed by atoms with Crippen molar-refractivity contribution in [3.8, 4) is 0 Å². The van der Waals surface area contributed by atoms with Crippen LogP contribution in [0, 0.1) is 5.92 Å². The van der Waals surface area contributed by atoms with Crippen molar-refractivity contribution in [2.45, 2.75) is 58.8 Å². The molecule has 0 aromatic heterocycles. The lowest BCUT2D eigenvalue weighted by atomic mass is 10.0. The minimum absolute atomic E-state index is 0.150. The number of aliphatic hydroxyl groups excluding tert-OH is 2. The maximum atomic E-state index is 8.90. The van der Waals surface area contributed by atoms with Gasteiger partial charge in [-0.3, -0.25) is 4.90 Å². The first-order chi connectivity index (χ1) is 10.2. The number of unbranched alkanes of at least 4 members (excludes halogenated alkanes) is 4. The van der Waals surface area contributed by atoms with Crippen LogP contribution < -0.4 is 0 Å². The second-order valence-corrected chi connectivity index (χ2v) is 6.21. The summed E-state index contributed by atoms with van der Waals surface area (Å²) in [4.78, 5) is 2.07. The first-order valence-electron chi connectivity index (χ1n) is 8.72. The van der Waals surface area contributed by atoms with Crippen molar-refractivity contribution in [2.24, 2.45) is 5.92 Å². The van der Waals surface area contributed by atoms with Crippen molar-refractivity contribution < 1.29 is 14.9 Å². The summed E-state index contributed by atoms with van der Waals surface area (Å²) in [6.07, 6.45) is 8.82. The van der Waals surface area contributed by atoms with Crippen LogP contribution >= 0.6 is 0 Å². The van der Waals surface area contributed by atoms with E-state index in [4.69, 9.17) is 14.9 Å². The van der Waals surface area contributed by atoms with Gasteiger partial charge in [0.2, 0.25) is 0 Å². The van der Waals surface area contributed by atoms with Gasteiger partial charge in [-0.15, -0.1) is 0 Å². The first kappa shape index (κ1) is 20.8. The third kappa shape index (κ3) is 16.0. The van der Waals surface area contributed by atoms with Gasteiger partial charge in [-0.05, 0) is 18.8 Å². The van der Waals surface area contributed by atoms with E-state index >= 15 is 0 Å². The molecule has 0 aromatic rings. The number of aliphatic hydroxyl groups is 2. The molecule has 0 saturated heterocycles. The summed E-state index contributed by atoms with van der Waals surface area (Å²) in [6.45, 7) is 8.68. The maximum absolute atomic E-state index is 8.90. The molecule has 0 spiro atoms. The van der Waals surface area contributed by atoms with Gasteiger partial charge in [0.05, 0.1) is 13.2 Å². The zero-order valence-electron chi connectivity index (χ0n) is 14.2. The third-order valence-electron chi connectivity index (χ3n) is 3.67. The van der Waals surface area contributed by atoms with E-state index in [0.717, 1.165) is 32.1 Å². The van der Waals surface area contributed by atoms with E-state index in [0.29, 0.717) is 13.1 Å². The number of hydrogen-bond donors (Lipinski definition) is 2. The van der Waals surface area contributed by atoms with Crippen LogP contribution in [0.25, 0.3) is 0 Å². The summed E-state index contributed by atoms with van der Waals surface area (Å²) in [5.74, 6) is 0.838. The molecule has 0 fully saturated rings. The standard InChI is InChI=1S/C17H37NO3/c1-17(2)9-6-4-3-5-7-15-21-16-8-10-18(11-13-19)12-14-20/h17,19-20H,3-16H2,1-2H3. The Morgan fingerprint density at radius 1 is 0.762 bits per heavy atom. The quantitative estimate of drug-likeness (QED) is 0.430. The van der Waals surface area contributed by atoms with Crippen LogP contribution in [0.2, 0.25) is 0 Å². The monoisotopic (exact) mass is 303 g/mol. The molecule has 0 atom stereocenters. The smallest absolute Gasteiger partial charge is 0.0558 e. The molecule has 128 valence electrons. The zero-order valence-corrected chi connectivity index (χ0v) is 14.2. The Morgan fingerprint density at radius 3 is 1.95 bits per heavy atom. The van der Waals surface area contributed by atoms with E-state index in [1.165, 1.54) is 38.5 Å². The van der Waals surface area contributed by atoms with E-state index in [1.807, 2.05) is 0 Å². The molecule has 0 saturated carbocycles. The Bertz CT molecular complexity index is 194. The molecule has 0 rings (SSSR count). The van der Waals surface area contributed by atoms with Gasteiger partial charge in [0.15, 0.2) is 0 Å². The first-order valence-corrected chi connectivity index (χ1v) is 8.72. The largest absolute Gasteiger partial charge is 0.395 e. The molecule has 0 aliphatic carbocycles. The van der Waals surface area contributed by atoms with Crippen molar-refractivity contribution in [3.63, 3.8) is 0 Å². The second kappa shape index (κ2) is 16.2. The molecule has 0 aliphatic heterocycles. The Hall–Kier alpha value is -0.160. The molecule has 0 unspecified atom stereocenters. The molecule has 2 N–H and O–H groups in total. The fraction of sp³-hybridized carbons (Fsp3) is 1.00. The summed E-state index contributed by atoms with van der Waals surface area (Å²) in [6, 6.07) is 0. The van der Waals surface area contributed by atoms with Crippen molar-refractivity contribution in [1.82, 2.24) is 4.90 Å². The van der Waals surface area contributed by atoms with Crippen LogP contribution in [-0.2, 0) is 4.74 Å². The average molecular weight is 303 g/mol. The summed E-state index contributed by atoms with van der Waals surface area (Å²) in [5.41, 5.74) is 0. The average Bonchev–Trinajstić information content (AvgIpc) is 2.44. The molecular weight excluding hydrogens is 266 g/mol. The summed E-state index contributed by atoms with van der Waals surface area (Å²) in [5, 5.41) is 17.8. The lowest BCUT2D eigenvalue weighted by Gasteiger charge is -2.19. The number of hydrogen-bond acceptors (Lipinski definition) is 4. The number of rotatable bonds is 16. The third-order valence-corrected chi connectivity index (χ3v) is 3.67. The lowest BCUT2D eigenvalue weighted by Crippen LogP contribution is -2.31. The van der Waals surface area contributed by atoms with Gasteiger partial charge in [-0.25, -0.2) is 0 Å². The highest BCUT2D eigenvalue weighted by Crippen LogP contribution is 2.10. The predicted molar refractivity (Wildman–Crippen MR) is 88.6 cm³/mol. The summed E-state index contributed by atoms with van der Waals surface area (Å²) >= 11 is 0. The maximum Gasteiger partial charge on any atom is 0.0558 e. The van der Waals surface area contributed by atoms with Gasteiger partial charge >= 0.3 is 0 Å². The van der Waals surface area contributed by atoms with Crippen LogP contribution in [0.3, 0.4) is 0 Å². The van der Waals surface area contributed by atoms with Crippen LogP contribution in [0.15, 0.2) is 0 Å². The minimum atomic E-state index is 0.150. The zero-order chi connectivity index (χ0) is 15.8. The van der Waals surface area contributed by atoms with Gasteiger partial charge in [-0.2, -0.15) is 0 Å². The van der Waals surface area contributed by atoms with Crippen molar-refractivity contribution >= 4 is 0 Å². The van der Waals surface area contributed by atoms with E-state index in [1.54, 1.807) is 0 Å². The Balaban J connectivity index is 3.20. The van der Waals surface area contributed by atoms with Crippen molar-refractivity contribution in [3.05, 3.63) is 0 Å². The van der Waals surface area contributed by atoms with Crippen LogP contribution in [-0.4, -0.2) is 61.2 Å². The highest BCUT2D eigenvalue weighted by atomic mass is 16.5. The molecule has 4 heteroatoms. The fourth-order valence-electron chi connectivity index (χ4n) is 2.40. The Morgan fingerprint density at radius 2 is 1.33 bits per heavy atom. The molecule has 0 amide bonds. The predicted octanol–water partition coefficient (Wildman–Crippen LogP) is 2.68. The fourth-order valence-corrected chi connectivity index (χ4v) is 2.40. The molecule has 0 radical (unpaired) electrons. The molecule has 21 heavy (non-hydrogen) atoms. The van der Waals surface area contributed by atoms with Gasteiger partial charge in [0.25, 0.3) is 0 Å². The summed E-state index contributed by atoms with van der Waals surface area (Å²) < 4.78 is 5.63.